The molecule has 1 aromatic carbocycles. The molecule has 3 unspecified atom stereocenters. The van der Waals surface area contributed by atoms with E-state index in [-0.39, 0.29) is 29.6 Å². The number of nitrogens with one attached hydrogen (secondary N) is 1. The molecule has 2 rings (SSSR count). The third kappa shape index (κ3) is 2.73. The van der Waals surface area contributed by atoms with Gasteiger partial charge in [-0.2, -0.15) is 0 Å². The van der Waals surface area contributed by atoms with Crippen LogP contribution in [-0.2, 0) is 4.79 Å². The summed E-state index contributed by atoms with van der Waals surface area (Å²) in [7, 11) is 0. The monoisotopic (exact) mass is 274 g/mol. The molecule has 1 amide bonds. The summed E-state index contributed by atoms with van der Waals surface area (Å²) in [5.74, 6) is 0.226. The third-order valence-corrected chi connectivity index (χ3v) is 4.38. The van der Waals surface area contributed by atoms with Gasteiger partial charge in [-0.05, 0) is 24.3 Å². The number of rotatable bonds is 3. The van der Waals surface area contributed by atoms with Crippen LogP contribution in [-0.4, -0.2) is 22.9 Å². The van der Waals surface area contributed by atoms with Gasteiger partial charge in [-0.15, -0.1) is 0 Å². The van der Waals surface area contributed by atoms with Gasteiger partial charge < -0.3 is 4.90 Å². The first kappa shape index (κ1) is 15.0. The summed E-state index contributed by atoms with van der Waals surface area (Å²) in [6, 6.07) is 10.4. The lowest BCUT2D eigenvalue weighted by molar-refractivity contribution is -0.134. The molecule has 1 heterocycles. The Hall–Kier alpha value is -1.35. The standard InChI is InChI=1S/C17H26N2O/c1-6-14-16(20)19(12(2)17(3,4)5)15(18-14)13-10-8-7-9-11-13/h7-12,14-15,18H,6H2,1-5H3. The molecule has 0 bridgehead atoms. The Bertz CT molecular complexity index is 464. The van der Waals surface area contributed by atoms with E-state index in [1.807, 2.05) is 23.1 Å². The Kier molecular flexibility index (Phi) is 4.19. The maximum absolute atomic E-state index is 12.7. The zero-order chi connectivity index (χ0) is 14.9. The summed E-state index contributed by atoms with van der Waals surface area (Å²) in [6.45, 7) is 10.8. The Labute approximate surface area is 122 Å². The number of carbonyl (C=O) groups excluding carboxylic acids is 1. The lowest BCUT2D eigenvalue weighted by Crippen LogP contribution is -2.45. The second-order valence-corrected chi connectivity index (χ2v) is 6.73. The third-order valence-electron chi connectivity index (χ3n) is 4.38. The molecule has 1 N–H and O–H groups in total. The highest BCUT2D eigenvalue weighted by Gasteiger charge is 2.43. The molecule has 3 heteroatoms. The molecule has 1 fully saturated rings. The van der Waals surface area contributed by atoms with E-state index in [9.17, 15) is 4.79 Å². The van der Waals surface area contributed by atoms with E-state index in [0.29, 0.717) is 0 Å². The van der Waals surface area contributed by atoms with Gasteiger partial charge in [-0.3, -0.25) is 10.1 Å². The summed E-state index contributed by atoms with van der Waals surface area (Å²) in [5.41, 5.74) is 1.22. The SMILES string of the molecule is CCC1NC(c2ccccc2)N(C(C)C(C)(C)C)C1=O. The van der Waals surface area contributed by atoms with Crippen molar-refractivity contribution < 1.29 is 4.79 Å². The number of carbonyl (C=O) groups is 1. The van der Waals surface area contributed by atoms with E-state index in [4.69, 9.17) is 0 Å². The van der Waals surface area contributed by atoms with Crippen molar-refractivity contribution in [2.45, 2.75) is 59.3 Å². The molecule has 3 nitrogen and oxygen atoms in total. The first-order chi connectivity index (χ1) is 9.36. The second-order valence-electron chi connectivity index (χ2n) is 6.73. The van der Waals surface area contributed by atoms with Gasteiger partial charge in [0, 0.05) is 6.04 Å². The Balaban J connectivity index is 2.36. The van der Waals surface area contributed by atoms with Gasteiger partial charge in [0.25, 0.3) is 0 Å². The zero-order valence-electron chi connectivity index (χ0n) is 13.2. The predicted octanol–water partition coefficient (Wildman–Crippen LogP) is 3.33. The number of benzene rings is 1. The van der Waals surface area contributed by atoms with E-state index in [1.54, 1.807) is 0 Å². The highest BCUT2D eigenvalue weighted by Crippen LogP contribution is 2.34. The molecule has 0 radical (unpaired) electrons. The van der Waals surface area contributed by atoms with Gasteiger partial charge in [0.05, 0.1) is 6.04 Å². The molecular formula is C17H26N2O. The summed E-state index contributed by atoms with van der Waals surface area (Å²) < 4.78 is 0. The number of amides is 1. The largest absolute Gasteiger partial charge is 0.318 e. The Morgan fingerprint density at radius 3 is 2.35 bits per heavy atom. The normalized spacial score (nSPS) is 25.1. The van der Waals surface area contributed by atoms with E-state index >= 15 is 0 Å². The van der Waals surface area contributed by atoms with Gasteiger partial charge in [0.15, 0.2) is 0 Å². The van der Waals surface area contributed by atoms with Crippen LogP contribution in [0.5, 0.6) is 0 Å². The van der Waals surface area contributed by atoms with Gasteiger partial charge >= 0.3 is 0 Å². The van der Waals surface area contributed by atoms with Crippen LogP contribution in [0.3, 0.4) is 0 Å². The first-order valence-corrected chi connectivity index (χ1v) is 7.49. The predicted molar refractivity (Wildman–Crippen MR) is 82.2 cm³/mol. The second kappa shape index (κ2) is 5.57. The van der Waals surface area contributed by atoms with Crippen LogP contribution in [0.15, 0.2) is 30.3 Å². The molecule has 1 aliphatic heterocycles. The fourth-order valence-electron chi connectivity index (χ4n) is 2.67. The molecule has 0 saturated carbocycles. The summed E-state index contributed by atoms with van der Waals surface area (Å²) >= 11 is 0. The molecule has 0 aromatic heterocycles. The molecule has 1 aromatic rings. The van der Waals surface area contributed by atoms with E-state index in [2.05, 4.69) is 52.1 Å². The van der Waals surface area contributed by atoms with Crippen LogP contribution < -0.4 is 5.32 Å². The fourth-order valence-corrected chi connectivity index (χ4v) is 2.67. The Morgan fingerprint density at radius 1 is 1.25 bits per heavy atom. The van der Waals surface area contributed by atoms with E-state index in [0.717, 1.165) is 12.0 Å². The highest BCUT2D eigenvalue weighted by molar-refractivity contribution is 5.84. The molecule has 3 atom stereocenters. The van der Waals surface area contributed by atoms with Gasteiger partial charge in [0.1, 0.15) is 6.17 Å². The minimum atomic E-state index is -0.0648. The minimum Gasteiger partial charge on any atom is -0.318 e. The van der Waals surface area contributed by atoms with Crippen LogP contribution in [0.2, 0.25) is 0 Å². The molecule has 110 valence electrons. The van der Waals surface area contributed by atoms with E-state index in [1.165, 1.54) is 0 Å². The average molecular weight is 274 g/mol. The van der Waals surface area contributed by atoms with Gasteiger partial charge in [-0.1, -0.05) is 58.0 Å². The summed E-state index contributed by atoms with van der Waals surface area (Å²) in [5, 5.41) is 3.49. The Morgan fingerprint density at radius 2 is 1.85 bits per heavy atom. The van der Waals surface area contributed by atoms with Crippen molar-refractivity contribution in [1.29, 1.82) is 0 Å². The van der Waals surface area contributed by atoms with Crippen molar-refractivity contribution in [2.24, 2.45) is 5.41 Å². The number of hydrogen-bond acceptors (Lipinski definition) is 2. The summed E-state index contributed by atoms with van der Waals surface area (Å²) in [4.78, 5) is 14.7. The van der Waals surface area contributed by atoms with Gasteiger partial charge in [-0.25, -0.2) is 0 Å². The first-order valence-electron chi connectivity index (χ1n) is 7.49. The quantitative estimate of drug-likeness (QED) is 0.917. The fraction of sp³-hybridized carbons (Fsp3) is 0.588. The van der Waals surface area contributed by atoms with Crippen LogP contribution in [0.1, 0.15) is 52.8 Å². The lowest BCUT2D eigenvalue weighted by Gasteiger charge is -2.38. The maximum Gasteiger partial charge on any atom is 0.241 e. The topological polar surface area (TPSA) is 32.3 Å². The van der Waals surface area contributed by atoms with Crippen LogP contribution >= 0.6 is 0 Å². The van der Waals surface area contributed by atoms with Crippen molar-refractivity contribution in [1.82, 2.24) is 10.2 Å². The average Bonchev–Trinajstić information content (AvgIpc) is 2.74. The number of hydrogen-bond donors (Lipinski definition) is 1. The minimum absolute atomic E-state index is 0.0112. The van der Waals surface area contributed by atoms with Crippen molar-refractivity contribution >= 4 is 5.91 Å². The molecule has 20 heavy (non-hydrogen) atoms. The van der Waals surface area contributed by atoms with Crippen molar-refractivity contribution in [2.75, 3.05) is 0 Å². The van der Waals surface area contributed by atoms with E-state index < -0.39 is 0 Å². The maximum atomic E-state index is 12.7. The lowest BCUT2D eigenvalue weighted by atomic mass is 9.86. The smallest absolute Gasteiger partial charge is 0.241 e. The van der Waals surface area contributed by atoms with Crippen LogP contribution in [0.4, 0.5) is 0 Å². The highest BCUT2D eigenvalue weighted by atomic mass is 16.2. The molecule has 0 aliphatic carbocycles. The zero-order valence-corrected chi connectivity index (χ0v) is 13.2. The molecule has 0 spiro atoms. The molecule has 1 aliphatic rings. The van der Waals surface area contributed by atoms with Crippen molar-refractivity contribution in [3.05, 3.63) is 35.9 Å². The van der Waals surface area contributed by atoms with Crippen LogP contribution in [0.25, 0.3) is 0 Å². The molecular weight excluding hydrogens is 248 g/mol. The van der Waals surface area contributed by atoms with Gasteiger partial charge in [0.2, 0.25) is 5.91 Å². The molecule has 1 saturated heterocycles. The number of nitrogens with zero attached hydrogens (tertiary/aromatic N) is 1. The van der Waals surface area contributed by atoms with Crippen molar-refractivity contribution in [3.8, 4) is 0 Å². The summed E-state index contributed by atoms with van der Waals surface area (Å²) in [6.07, 6.45) is 0.818. The van der Waals surface area contributed by atoms with Crippen molar-refractivity contribution in [3.63, 3.8) is 0 Å². The van der Waals surface area contributed by atoms with Crippen LogP contribution in [0, 0.1) is 5.41 Å².